The predicted octanol–water partition coefficient (Wildman–Crippen LogP) is 3.10. The van der Waals surface area contributed by atoms with Gasteiger partial charge in [0, 0.05) is 16.2 Å². The SMILES string of the molecule is CCCc1cc(NC(=O)c2cc(N)c(F)cc2Br)n[nH]1. The number of nitrogens with two attached hydrogens (primary N) is 1. The van der Waals surface area contributed by atoms with Gasteiger partial charge in [-0.3, -0.25) is 9.89 Å². The second-order valence-electron chi connectivity index (χ2n) is 4.34. The number of rotatable bonds is 4. The van der Waals surface area contributed by atoms with Gasteiger partial charge in [0.05, 0.1) is 11.3 Å². The molecule has 1 amide bonds. The molecule has 0 saturated heterocycles. The lowest BCUT2D eigenvalue weighted by Crippen LogP contribution is -2.13. The molecular formula is C13H14BrFN4O. The summed E-state index contributed by atoms with van der Waals surface area (Å²) in [4.78, 5) is 12.1. The van der Waals surface area contributed by atoms with E-state index in [1.807, 2.05) is 0 Å². The van der Waals surface area contributed by atoms with Crippen LogP contribution in [0, 0.1) is 5.82 Å². The summed E-state index contributed by atoms with van der Waals surface area (Å²) in [6, 6.07) is 4.22. The first-order valence-electron chi connectivity index (χ1n) is 6.11. The summed E-state index contributed by atoms with van der Waals surface area (Å²) in [5.74, 6) is -0.551. The Labute approximate surface area is 123 Å². The van der Waals surface area contributed by atoms with E-state index in [-0.39, 0.29) is 11.3 Å². The van der Waals surface area contributed by atoms with Crippen molar-refractivity contribution in [1.82, 2.24) is 10.2 Å². The van der Waals surface area contributed by atoms with Crippen LogP contribution < -0.4 is 11.1 Å². The normalized spacial score (nSPS) is 10.6. The van der Waals surface area contributed by atoms with E-state index in [0.29, 0.717) is 10.3 Å². The van der Waals surface area contributed by atoms with Gasteiger partial charge in [0.15, 0.2) is 5.82 Å². The fraction of sp³-hybridized carbons (Fsp3) is 0.231. The van der Waals surface area contributed by atoms with Crippen molar-refractivity contribution in [1.29, 1.82) is 0 Å². The molecule has 106 valence electrons. The molecule has 0 radical (unpaired) electrons. The van der Waals surface area contributed by atoms with Crippen molar-refractivity contribution in [2.24, 2.45) is 0 Å². The zero-order valence-corrected chi connectivity index (χ0v) is 12.4. The maximum Gasteiger partial charge on any atom is 0.258 e. The van der Waals surface area contributed by atoms with Crippen LogP contribution in [0.25, 0.3) is 0 Å². The number of nitrogens with one attached hydrogen (secondary N) is 2. The monoisotopic (exact) mass is 340 g/mol. The summed E-state index contributed by atoms with van der Waals surface area (Å²) < 4.78 is 13.6. The van der Waals surface area contributed by atoms with Crippen molar-refractivity contribution in [3.8, 4) is 0 Å². The van der Waals surface area contributed by atoms with E-state index in [1.54, 1.807) is 6.07 Å². The van der Waals surface area contributed by atoms with Crippen LogP contribution in [0.2, 0.25) is 0 Å². The molecule has 1 aromatic heterocycles. The van der Waals surface area contributed by atoms with Crippen molar-refractivity contribution in [3.63, 3.8) is 0 Å². The fourth-order valence-electron chi connectivity index (χ4n) is 1.75. The lowest BCUT2D eigenvalue weighted by atomic mass is 10.2. The minimum atomic E-state index is -0.571. The maximum atomic E-state index is 13.2. The molecule has 0 saturated carbocycles. The first-order chi connectivity index (χ1) is 9.51. The minimum Gasteiger partial charge on any atom is -0.396 e. The van der Waals surface area contributed by atoms with E-state index in [1.165, 1.54) is 6.07 Å². The van der Waals surface area contributed by atoms with Gasteiger partial charge in [-0.05, 0) is 34.5 Å². The van der Waals surface area contributed by atoms with E-state index in [9.17, 15) is 9.18 Å². The molecule has 0 atom stereocenters. The third-order valence-corrected chi connectivity index (χ3v) is 3.38. The lowest BCUT2D eigenvalue weighted by molar-refractivity contribution is 0.102. The molecule has 2 rings (SSSR count). The summed E-state index contributed by atoms with van der Waals surface area (Å²) in [6.45, 7) is 2.05. The molecule has 0 aliphatic heterocycles. The number of halogens is 2. The predicted molar refractivity (Wildman–Crippen MR) is 79.0 cm³/mol. The van der Waals surface area contributed by atoms with E-state index in [2.05, 4.69) is 38.4 Å². The van der Waals surface area contributed by atoms with Crippen molar-refractivity contribution >= 4 is 33.3 Å². The lowest BCUT2D eigenvalue weighted by Gasteiger charge is -2.06. The van der Waals surface area contributed by atoms with Crippen LogP contribution in [-0.4, -0.2) is 16.1 Å². The Bertz CT molecular complexity index is 641. The first-order valence-corrected chi connectivity index (χ1v) is 6.90. The number of hydrogen-bond donors (Lipinski definition) is 3. The first kappa shape index (κ1) is 14.5. The fourth-order valence-corrected chi connectivity index (χ4v) is 2.24. The Morgan fingerprint density at radius 1 is 1.50 bits per heavy atom. The summed E-state index contributed by atoms with van der Waals surface area (Å²) in [7, 11) is 0. The number of nitrogen functional groups attached to an aromatic ring is 1. The largest absolute Gasteiger partial charge is 0.396 e. The van der Waals surface area contributed by atoms with Gasteiger partial charge < -0.3 is 11.1 Å². The third-order valence-electron chi connectivity index (χ3n) is 2.72. The molecule has 0 aliphatic carbocycles. The number of nitrogens with zero attached hydrogens (tertiary/aromatic N) is 1. The molecule has 0 bridgehead atoms. The van der Waals surface area contributed by atoms with Gasteiger partial charge >= 0.3 is 0 Å². The van der Waals surface area contributed by atoms with E-state index in [0.717, 1.165) is 24.6 Å². The zero-order valence-electron chi connectivity index (χ0n) is 10.8. The summed E-state index contributed by atoms with van der Waals surface area (Å²) in [5, 5.41) is 9.47. The Kier molecular flexibility index (Phi) is 4.39. The Morgan fingerprint density at radius 3 is 2.95 bits per heavy atom. The molecule has 2 aromatic rings. The van der Waals surface area contributed by atoms with E-state index < -0.39 is 11.7 Å². The van der Waals surface area contributed by atoms with Gasteiger partial charge in [-0.2, -0.15) is 5.10 Å². The molecule has 0 fully saturated rings. The number of hydrogen-bond acceptors (Lipinski definition) is 3. The molecule has 1 heterocycles. The molecule has 0 unspecified atom stereocenters. The van der Waals surface area contributed by atoms with Crippen molar-refractivity contribution in [2.75, 3.05) is 11.1 Å². The highest BCUT2D eigenvalue weighted by molar-refractivity contribution is 9.10. The van der Waals surface area contributed by atoms with Crippen LogP contribution in [0.15, 0.2) is 22.7 Å². The summed E-state index contributed by atoms with van der Waals surface area (Å²) in [5.41, 5.74) is 6.59. The molecule has 20 heavy (non-hydrogen) atoms. The van der Waals surface area contributed by atoms with Crippen LogP contribution >= 0.6 is 15.9 Å². The van der Waals surface area contributed by atoms with Gasteiger partial charge in [-0.25, -0.2) is 4.39 Å². The number of carbonyl (C=O) groups is 1. The average molecular weight is 341 g/mol. The quantitative estimate of drug-likeness (QED) is 0.747. The Balaban J connectivity index is 2.17. The smallest absolute Gasteiger partial charge is 0.258 e. The molecular weight excluding hydrogens is 327 g/mol. The molecule has 5 nitrogen and oxygen atoms in total. The average Bonchev–Trinajstić information content (AvgIpc) is 2.81. The van der Waals surface area contributed by atoms with Gasteiger partial charge in [-0.1, -0.05) is 13.3 Å². The van der Waals surface area contributed by atoms with Crippen molar-refractivity contribution < 1.29 is 9.18 Å². The van der Waals surface area contributed by atoms with Crippen LogP contribution in [-0.2, 0) is 6.42 Å². The molecule has 4 N–H and O–H groups in total. The topological polar surface area (TPSA) is 83.8 Å². The van der Waals surface area contributed by atoms with E-state index >= 15 is 0 Å². The second-order valence-corrected chi connectivity index (χ2v) is 5.19. The highest BCUT2D eigenvalue weighted by Crippen LogP contribution is 2.23. The minimum absolute atomic E-state index is 0.0768. The Hall–Kier alpha value is -1.89. The number of H-pyrrole nitrogens is 1. The molecule has 0 aliphatic rings. The number of carbonyl (C=O) groups excluding carboxylic acids is 1. The number of aromatic nitrogens is 2. The highest BCUT2D eigenvalue weighted by atomic mass is 79.9. The Morgan fingerprint density at radius 2 is 2.25 bits per heavy atom. The second kappa shape index (κ2) is 6.04. The number of benzene rings is 1. The summed E-state index contributed by atoms with van der Waals surface area (Å²) >= 11 is 3.14. The zero-order chi connectivity index (χ0) is 14.7. The number of aryl methyl sites for hydroxylation is 1. The highest BCUT2D eigenvalue weighted by Gasteiger charge is 2.14. The summed E-state index contributed by atoms with van der Waals surface area (Å²) in [6.07, 6.45) is 1.84. The van der Waals surface area contributed by atoms with Crippen molar-refractivity contribution in [2.45, 2.75) is 19.8 Å². The molecule has 0 spiro atoms. The van der Waals surface area contributed by atoms with Gasteiger partial charge in [0.1, 0.15) is 5.82 Å². The van der Waals surface area contributed by atoms with Gasteiger partial charge in [-0.15, -0.1) is 0 Å². The maximum absolute atomic E-state index is 13.2. The standard InChI is InChI=1S/C13H14BrFN4O/c1-2-3-7-4-12(19-18-7)17-13(20)8-5-11(16)10(15)6-9(8)14/h4-6H,2-3,16H2,1H3,(H2,17,18,19,20). The third kappa shape index (κ3) is 3.16. The number of aromatic amines is 1. The van der Waals surface area contributed by atoms with Crippen LogP contribution in [0.1, 0.15) is 29.4 Å². The van der Waals surface area contributed by atoms with Crippen LogP contribution in [0.3, 0.4) is 0 Å². The molecule has 1 aromatic carbocycles. The number of amides is 1. The van der Waals surface area contributed by atoms with Crippen LogP contribution in [0.4, 0.5) is 15.9 Å². The van der Waals surface area contributed by atoms with E-state index in [4.69, 9.17) is 5.73 Å². The number of anilines is 2. The van der Waals surface area contributed by atoms with Crippen molar-refractivity contribution in [3.05, 3.63) is 39.7 Å². The van der Waals surface area contributed by atoms with Gasteiger partial charge in [0.2, 0.25) is 0 Å². The van der Waals surface area contributed by atoms with Crippen LogP contribution in [0.5, 0.6) is 0 Å². The molecule has 7 heteroatoms. The van der Waals surface area contributed by atoms with Gasteiger partial charge in [0.25, 0.3) is 5.91 Å².